The van der Waals surface area contributed by atoms with Gasteiger partial charge in [0.2, 0.25) is 5.91 Å². The van der Waals surface area contributed by atoms with E-state index in [1.165, 1.54) is 0 Å². The van der Waals surface area contributed by atoms with Crippen molar-refractivity contribution in [3.05, 3.63) is 59.8 Å². The van der Waals surface area contributed by atoms with Gasteiger partial charge >= 0.3 is 0 Å². The number of methoxy groups -OCH3 is 2. The van der Waals surface area contributed by atoms with Crippen molar-refractivity contribution in [1.29, 1.82) is 0 Å². The second kappa shape index (κ2) is 10.6. The molecule has 0 spiro atoms. The zero-order valence-corrected chi connectivity index (χ0v) is 21.7. The first-order valence-corrected chi connectivity index (χ1v) is 12.3. The van der Waals surface area contributed by atoms with Gasteiger partial charge in [0.25, 0.3) is 5.91 Å². The number of nitrogens with zero attached hydrogens (tertiary/aromatic N) is 2. The maximum atomic E-state index is 13.9. The third kappa shape index (κ3) is 4.91. The third-order valence-corrected chi connectivity index (χ3v) is 6.71. The molecule has 1 aliphatic rings. The number of carbonyl (C=O) groups is 2. The van der Waals surface area contributed by atoms with Crippen LogP contribution < -0.4 is 14.8 Å². The molecule has 3 aromatic rings. The molecule has 8 heteroatoms. The highest BCUT2D eigenvalue weighted by Gasteiger charge is 2.47. The van der Waals surface area contributed by atoms with E-state index in [-0.39, 0.29) is 24.5 Å². The Kier molecular flexibility index (Phi) is 7.54. The Labute approximate surface area is 212 Å². The Bertz CT molecular complexity index is 1250. The Morgan fingerprint density at radius 2 is 1.89 bits per heavy atom. The Morgan fingerprint density at radius 3 is 2.61 bits per heavy atom. The predicted octanol–water partition coefficient (Wildman–Crippen LogP) is 4.00. The number of hydrogen-bond donors (Lipinski definition) is 1. The highest BCUT2D eigenvalue weighted by atomic mass is 16.5. The van der Waals surface area contributed by atoms with Crippen LogP contribution in [-0.2, 0) is 22.6 Å². The molecule has 8 nitrogen and oxygen atoms in total. The molecule has 0 saturated heterocycles. The Morgan fingerprint density at radius 1 is 1.11 bits per heavy atom. The van der Waals surface area contributed by atoms with E-state index in [2.05, 4.69) is 5.32 Å². The maximum Gasteiger partial charge on any atom is 0.271 e. The molecule has 2 heterocycles. The molecular weight excluding hydrogens is 458 g/mol. The summed E-state index contributed by atoms with van der Waals surface area (Å²) in [5.74, 6) is 0.860. The van der Waals surface area contributed by atoms with Crippen molar-refractivity contribution in [2.75, 3.05) is 27.4 Å². The van der Waals surface area contributed by atoms with Gasteiger partial charge in [-0.2, -0.15) is 0 Å². The topological polar surface area (TPSA) is 82.0 Å². The highest BCUT2D eigenvalue weighted by Crippen LogP contribution is 2.35. The number of aromatic nitrogens is 1. The molecule has 0 aliphatic carbocycles. The summed E-state index contributed by atoms with van der Waals surface area (Å²) in [5.41, 5.74) is 1.18. The summed E-state index contributed by atoms with van der Waals surface area (Å²) in [5, 5.41) is 4.01. The van der Waals surface area contributed by atoms with E-state index in [0.29, 0.717) is 43.3 Å². The zero-order chi connectivity index (χ0) is 25.9. The van der Waals surface area contributed by atoms with Gasteiger partial charge in [-0.05, 0) is 51.5 Å². The lowest BCUT2D eigenvalue weighted by Crippen LogP contribution is -2.63. The van der Waals surface area contributed by atoms with Crippen molar-refractivity contribution in [2.45, 2.75) is 51.9 Å². The minimum Gasteiger partial charge on any atom is -0.497 e. The first-order chi connectivity index (χ1) is 17.3. The van der Waals surface area contributed by atoms with Gasteiger partial charge in [0, 0.05) is 35.7 Å². The number of fused-ring (bicyclic) bond motifs is 3. The van der Waals surface area contributed by atoms with E-state index < -0.39 is 5.54 Å². The van der Waals surface area contributed by atoms with Crippen molar-refractivity contribution >= 4 is 22.7 Å². The van der Waals surface area contributed by atoms with Crippen LogP contribution in [0.5, 0.6) is 11.5 Å². The van der Waals surface area contributed by atoms with Gasteiger partial charge in [0.15, 0.2) is 0 Å². The van der Waals surface area contributed by atoms with Crippen molar-refractivity contribution < 1.29 is 23.8 Å². The van der Waals surface area contributed by atoms with Crippen LogP contribution in [-0.4, -0.2) is 60.3 Å². The normalized spacial score (nSPS) is 17.4. The fourth-order valence-corrected chi connectivity index (χ4v) is 4.69. The lowest BCUT2D eigenvalue weighted by Gasteiger charge is -2.44. The summed E-state index contributed by atoms with van der Waals surface area (Å²) in [7, 11) is 3.17. The zero-order valence-electron chi connectivity index (χ0n) is 21.7. The van der Waals surface area contributed by atoms with Crippen molar-refractivity contribution in [3.8, 4) is 11.5 Å². The minimum absolute atomic E-state index is 0.143. The lowest BCUT2D eigenvalue weighted by molar-refractivity contribution is -0.133. The number of amides is 2. The average Bonchev–Trinajstić information content (AvgIpc) is 3.24. The Balaban J connectivity index is 1.68. The summed E-state index contributed by atoms with van der Waals surface area (Å²) in [6.45, 7) is 7.39. The van der Waals surface area contributed by atoms with E-state index in [9.17, 15) is 9.59 Å². The molecule has 0 saturated carbocycles. The fraction of sp³-hybridized carbons (Fsp3) is 0.429. The van der Waals surface area contributed by atoms with Crippen molar-refractivity contribution in [2.24, 2.45) is 0 Å². The number of hydrogen-bond acceptors (Lipinski definition) is 5. The number of benzene rings is 2. The number of ether oxygens (including phenoxy) is 3. The van der Waals surface area contributed by atoms with Crippen LogP contribution in [0, 0.1) is 0 Å². The van der Waals surface area contributed by atoms with E-state index >= 15 is 0 Å². The van der Waals surface area contributed by atoms with Gasteiger partial charge in [-0.25, -0.2) is 0 Å². The van der Waals surface area contributed by atoms with Crippen LogP contribution in [0.1, 0.15) is 43.2 Å². The van der Waals surface area contributed by atoms with Gasteiger partial charge in [-0.15, -0.1) is 0 Å². The Hall–Kier alpha value is -3.52. The van der Waals surface area contributed by atoms with Gasteiger partial charge < -0.3 is 29.0 Å². The second-order valence-electron chi connectivity index (χ2n) is 9.55. The van der Waals surface area contributed by atoms with Crippen LogP contribution in [0.2, 0.25) is 0 Å². The SMILES string of the molecule is COc1ccc(CN2C(=O)c3cc4ccccc4n3C[C@@]2(C)C(=O)NCCCOC(C)C)c(OC)c1. The van der Waals surface area contributed by atoms with E-state index in [0.717, 1.165) is 16.5 Å². The highest BCUT2D eigenvalue weighted by molar-refractivity contribution is 6.03. The molecule has 0 unspecified atom stereocenters. The molecule has 2 aromatic carbocycles. The molecule has 0 radical (unpaired) electrons. The number of nitrogens with one attached hydrogen (secondary N) is 1. The maximum absolute atomic E-state index is 13.9. The average molecular weight is 494 g/mol. The molecule has 36 heavy (non-hydrogen) atoms. The van der Waals surface area contributed by atoms with Crippen LogP contribution in [0.4, 0.5) is 0 Å². The van der Waals surface area contributed by atoms with E-state index in [1.54, 1.807) is 25.2 Å². The van der Waals surface area contributed by atoms with Gasteiger partial charge in [0.05, 0.1) is 33.4 Å². The van der Waals surface area contributed by atoms with E-state index in [4.69, 9.17) is 14.2 Å². The molecule has 1 atom stereocenters. The number of para-hydroxylation sites is 1. The van der Waals surface area contributed by atoms with Crippen LogP contribution in [0.25, 0.3) is 10.9 Å². The van der Waals surface area contributed by atoms with Gasteiger partial charge in [0.1, 0.15) is 22.7 Å². The van der Waals surface area contributed by atoms with Gasteiger partial charge in [-0.3, -0.25) is 9.59 Å². The molecule has 1 N–H and O–H groups in total. The monoisotopic (exact) mass is 493 g/mol. The van der Waals surface area contributed by atoms with Crippen molar-refractivity contribution in [1.82, 2.24) is 14.8 Å². The molecule has 0 fully saturated rings. The summed E-state index contributed by atoms with van der Waals surface area (Å²) >= 11 is 0. The molecule has 2 amide bonds. The molecular formula is C28H35N3O5. The largest absolute Gasteiger partial charge is 0.497 e. The molecule has 4 rings (SSSR count). The van der Waals surface area contributed by atoms with Crippen LogP contribution in [0.3, 0.4) is 0 Å². The van der Waals surface area contributed by atoms with Gasteiger partial charge in [-0.1, -0.05) is 18.2 Å². The standard InChI is InChI=1S/C28H35N3O5/c1-19(2)36-14-8-13-29-27(33)28(3)18-30-23-10-7-6-9-20(23)15-24(30)26(32)31(28)17-21-11-12-22(34-4)16-25(21)35-5/h6-7,9-12,15-16,19H,8,13-14,17-18H2,1-5H3,(H,29,33)/t28-/m0/s1. The number of carbonyl (C=O) groups excluding carboxylic acids is 2. The number of rotatable bonds is 10. The van der Waals surface area contributed by atoms with E-state index in [1.807, 2.05) is 67.8 Å². The predicted molar refractivity (Wildman–Crippen MR) is 138 cm³/mol. The smallest absolute Gasteiger partial charge is 0.271 e. The fourth-order valence-electron chi connectivity index (χ4n) is 4.69. The summed E-state index contributed by atoms with van der Waals surface area (Å²) < 4.78 is 18.5. The molecule has 1 aromatic heterocycles. The third-order valence-electron chi connectivity index (χ3n) is 6.71. The quantitative estimate of drug-likeness (QED) is 0.432. The van der Waals surface area contributed by atoms with Crippen LogP contribution in [0.15, 0.2) is 48.5 Å². The first-order valence-electron chi connectivity index (χ1n) is 12.3. The summed E-state index contributed by atoms with van der Waals surface area (Å²) in [4.78, 5) is 29.3. The summed E-state index contributed by atoms with van der Waals surface area (Å²) in [6, 6.07) is 15.2. The summed E-state index contributed by atoms with van der Waals surface area (Å²) in [6.07, 6.45) is 0.836. The minimum atomic E-state index is -1.12. The first kappa shape index (κ1) is 25.6. The van der Waals surface area contributed by atoms with Crippen LogP contribution >= 0.6 is 0 Å². The lowest BCUT2D eigenvalue weighted by atomic mass is 9.93. The second-order valence-corrected chi connectivity index (χ2v) is 9.55. The molecule has 1 aliphatic heterocycles. The molecule has 0 bridgehead atoms. The molecule has 192 valence electrons. The van der Waals surface area contributed by atoms with Crippen molar-refractivity contribution in [3.63, 3.8) is 0 Å².